The average Bonchev–Trinajstić information content (AvgIpc) is 2.84. The van der Waals surface area contributed by atoms with E-state index < -0.39 is 0 Å². The number of aromatic nitrogens is 2. The monoisotopic (exact) mass is 199 g/mol. The Kier molecular flexibility index (Phi) is 1.78. The molecule has 1 aromatic heterocycles. The fourth-order valence-electron chi connectivity index (χ4n) is 2.17. The van der Waals surface area contributed by atoms with Crippen molar-refractivity contribution in [2.75, 3.05) is 11.9 Å². The fourth-order valence-corrected chi connectivity index (χ4v) is 2.17. The Labute approximate surface area is 88.7 Å². The lowest BCUT2D eigenvalue weighted by atomic mass is 10.0. The SMILES string of the molecule is Cn1cc(-c2cccc3c2CCN3)cn1. The molecule has 2 aromatic rings. The Hall–Kier alpha value is -1.77. The van der Waals surface area contributed by atoms with Crippen LogP contribution >= 0.6 is 0 Å². The highest BCUT2D eigenvalue weighted by Gasteiger charge is 2.15. The molecule has 0 spiro atoms. The molecule has 1 aliphatic rings. The van der Waals surface area contributed by atoms with Crippen molar-refractivity contribution in [3.8, 4) is 11.1 Å². The summed E-state index contributed by atoms with van der Waals surface area (Å²) < 4.78 is 1.84. The molecule has 3 nitrogen and oxygen atoms in total. The van der Waals surface area contributed by atoms with Gasteiger partial charge in [-0.05, 0) is 23.6 Å². The van der Waals surface area contributed by atoms with Crippen LogP contribution in [0.4, 0.5) is 5.69 Å². The van der Waals surface area contributed by atoms with Crippen LogP contribution in [0.5, 0.6) is 0 Å². The normalized spacial score (nSPS) is 13.7. The highest BCUT2D eigenvalue weighted by Crippen LogP contribution is 2.32. The minimum atomic E-state index is 1.05. The zero-order valence-corrected chi connectivity index (χ0v) is 8.70. The van der Waals surface area contributed by atoms with E-state index in [4.69, 9.17) is 0 Å². The summed E-state index contributed by atoms with van der Waals surface area (Å²) in [4.78, 5) is 0. The number of aryl methyl sites for hydroxylation is 1. The molecule has 15 heavy (non-hydrogen) atoms. The first-order valence-corrected chi connectivity index (χ1v) is 5.19. The topological polar surface area (TPSA) is 29.9 Å². The number of hydrogen-bond donors (Lipinski definition) is 1. The van der Waals surface area contributed by atoms with Gasteiger partial charge in [0.05, 0.1) is 6.20 Å². The molecule has 0 atom stereocenters. The van der Waals surface area contributed by atoms with Crippen molar-refractivity contribution in [2.45, 2.75) is 6.42 Å². The summed E-state index contributed by atoms with van der Waals surface area (Å²) in [6, 6.07) is 6.41. The van der Waals surface area contributed by atoms with Crippen LogP contribution < -0.4 is 5.32 Å². The van der Waals surface area contributed by atoms with Crippen LogP contribution in [-0.4, -0.2) is 16.3 Å². The van der Waals surface area contributed by atoms with Gasteiger partial charge in [-0.3, -0.25) is 4.68 Å². The van der Waals surface area contributed by atoms with Gasteiger partial charge in [-0.15, -0.1) is 0 Å². The first-order valence-electron chi connectivity index (χ1n) is 5.19. The molecule has 76 valence electrons. The molecule has 0 unspecified atom stereocenters. The second-order valence-electron chi connectivity index (χ2n) is 3.91. The second-order valence-corrected chi connectivity index (χ2v) is 3.91. The third-order valence-corrected chi connectivity index (χ3v) is 2.88. The molecule has 0 fully saturated rings. The van der Waals surface area contributed by atoms with Crippen molar-refractivity contribution in [3.05, 3.63) is 36.2 Å². The number of rotatable bonds is 1. The summed E-state index contributed by atoms with van der Waals surface area (Å²) in [7, 11) is 1.95. The van der Waals surface area contributed by atoms with Gasteiger partial charge in [0, 0.05) is 31.0 Å². The number of nitrogens with zero attached hydrogens (tertiary/aromatic N) is 2. The zero-order chi connectivity index (χ0) is 10.3. The van der Waals surface area contributed by atoms with Crippen LogP contribution in [0.1, 0.15) is 5.56 Å². The van der Waals surface area contributed by atoms with Gasteiger partial charge in [0.2, 0.25) is 0 Å². The number of hydrogen-bond acceptors (Lipinski definition) is 2. The lowest BCUT2D eigenvalue weighted by molar-refractivity contribution is 0.768. The lowest BCUT2D eigenvalue weighted by Gasteiger charge is -2.04. The highest BCUT2D eigenvalue weighted by molar-refractivity contribution is 5.75. The maximum absolute atomic E-state index is 4.21. The van der Waals surface area contributed by atoms with Gasteiger partial charge in [-0.2, -0.15) is 5.10 Å². The summed E-state index contributed by atoms with van der Waals surface area (Å²) in [5.74, 6) is 0. The first-order chi connectivity index (χ1) is 7.34. The van der Waals surface area contributed by atoms with Crippen molar-refractivity contribution in [2.24, 2.45) is 7.05 Å². The van der Waals surface area contributed by atoms with E-state index in [0.717, 1.165) is 13.0 Å². The van der Waals surface area contributed by atoms with Gasteiger partial charge < -0.3 is 5.32 Å². The molecule has 1 aliphatic heterocycles. The van der Waals surface area contributed by atoms with Gasteiger partial charge >= 0.3 is 0 Å². The summed E-state index contributed by atoms with van der Waals surface area (Å²) in [5, 5.41) is 7.60. The van der Waals surface area contributed by atoms with Crippen molar-refractivity contribution < 1.29 is 0 Å². The van der Waals surface area contributed by atoms with Crippen molar-refractivity contribution in [1.82, 2.24) is 9.78 Å². The van der Waals surface area contributed by atoms with Crippen LogP contribution in [0.15, 0.2) is 30.6 Å². The third-order valence-electron chi connectivity index (χ3n) is 2.88. The number of benzene rings is 1. The molecule has 0 amide bonds. The minimum Gasteiger partial charge on any atom is -0.384 e. The average molecular weight is 199 g/mol. The molecule has 0 saturated carbocycles. The standard InChI is InChI=1S/C12H13N3/c1-15-8-9(7-14-15)10-3-2-4-12-11(10)5-6-13-12/h2-4,7-8,13H,5-6H2,1H3. The van der Waals surface area contributed by atoms with E-state index >= 15 is 0 Å². The van der Waals surface area contributed by atoms with Crippen LogP contribution in [0.3, 0.4) is 0 Å². The van der Waals surface area contributed by atoms with E-state index in [-0.39, 0.29) is 0 Å². The molecule has 3 rings (SSSR count). The molecule has 0 bridgehead atoms. The maximum Gasteiger partial charge on any atom is 0.0568 e. The highest BCUT2D eigenvalue weighted by atomic mass is 15.2. The van der Waals surface area contributed by atoms with Gasteiger partial charge in [-0.25, -0.2) is 0 Å². The van der Waals surface area contributed by atoms with Gasteiger partial charge in [-0.1, -0.05) is 12.1 Å². The van der Waals surface area contributed by atoms with E-state index in [1.54, 1.807) is 0 Å². The van der Waals surface area contributed by atoms with Gasteiger partial charge in [0.15, 0.2) is 0 Å². The van der Waals surface area contributed by atoms with E-state index in [0.29, 0.717) is 0 Å². The van der Waals surface area contributed by atoms with E-state index in [9.17, 15) is 0 Å². The largest absolute Gasteiger partial charge is 0.384 e. The van der Waals surface area contributed by atoms with Crippen molar-refractivity contribution in [1.29, 1.82) is 0 Å². The lowest BCUT2D eigenvalue weighted by Crippen LogP contribution is -1.90. The molecule has 1 aromatic carbocycles. The Bertz CT molecular complexity index is 499. The Morgan fingerprint density at radius 3 is 3.13 bits per heavy atom. The maximum atomic E-state index is 4.21. The zero-order valence-electron chi connectivity index (χ0n) is 8.70. The van der Waals surface area contributed by atoms with Crippen molar-refractivity contribution in [3.63, 3.8) is 0 Å². The molecule has 0 aliphatic carbocycles. The van der Waals surface area contributed by atoms with Crippen LogP contribution in [0.25, 0.3) is 11.1 Å². The number of fused-ring (bicyclic) bond motifs is 1. The third kappa shape index (κ3) is 1.31. The smallest absolute Gasteiger partial charge is 0.0568 e. The number of nitrogens with one attached hydrogen (secondary N) is 1. The quantitative estimate of drug-likeness (QED) is 0.761. The van der Waals surface area contributed by atoms with Crippen LogP contribution in [0, 0.1) is 0 Å². The van der Waals surface area contributed by atoms with E-state index in [1.807, 2.05) is 17.9 Å². The number of anilines is 1. The summed E-state index contributed by atoms with van der Waals surface area (Å²) >= 11 is 0. The van der Waals surface area contributed by atoms with Crippen LogP contribution in [-0.2, 0) is 13.5 Å². The molecule has 1 N–H and O–H groups in total. The van der Waals surface area contributed by atoms with E-state index in [1.165, 1.54) is 22.4 Å². The molecule has 3 heteroatoms. The Morgan fingerprint density at radius 2 is 2.33 bits per heavy atom. The Balaban J connectivity index is 2.16. The molecule has 2 heterocycles. The predicted octanol–water partition coefficient (Wildman–Crippen LogP) is 2.06. The molecular weight excluding hydrogens is 186 g/mol. The molecule has 0 saturated heterocycles. The second kappa shape index (κ2) is 3.12. The fraction of sp³-hybridized carbons (Fsp3) is 0.250. The van der Waals surface area contributed by atoms with Gasteiger partial charge in [0.25, 0.3) is 0 Å². The summed E-state index contributed by atoms with van der Waals surface area (Å²) in [5.41, 5.74) is 5.21. The van der Waals surface area contributed by atoms with Gasteiger partial charge in [0.1, 0.15) is 0 Å². The van der Waals surface area contributed by atoms with Crippen molar-refractivity contribution >= 4 is 5.69 Å². The van der Waals surface area contributed by atoms with E-state index in [2.05, 4.69) is 34.8 Å². The molecule has 0 radical (unpaired) electrons. The van der Waals surface area contributed by atoms with Crippen LogP contribution in [0.2, 0.25) is 0 Å². The predicted molar refractivity (Wildman–Crippen MR) is 60.8 cm³/mol. The summed E-state index contributed by atoms with van der Waals surface area (Å²) in [6.45, 7) is 1.05. The Morgan fingerprint density at radius 1 is 1.40 bits per heavy atom. The first kappa shape index (κ1) is 8.53. The summed E-state index contributed by atoms with van der Waals surface area (Å²) in [6.07, 6.45) is 5.10. The molecular formula is C12H13N3. The minimum absolute atomic E-state index is 1.05.